The third-order valence-corrected chi connectivity index (χ3v) is 5.99. The molecule has 1 aromatic heterocycles. The molecule has 1 saturated heterocycles. The Morgan fingerprint density at radius 3 is 2.43 bits per heavy atom. The van der Waals surface area contributed by atoms with E-state index < -0.39 is 0 Å². The fourth-order valence-electron chi connectivity index (χ4n) is 3.64. The highest BCUT2D eigenvalue weighted by atomic mass is 32.2. The van der Waals surface area contributed by atoms with Crippen LogP contribution in [0, 0.1) is 5.92 Å². The number of amides is 1. The third kappa shape index (κ3) is 5.19. The number of piperidine rings is 1. The molecule has 0 N–H and O–H groups in total. The molecule has 1 aromatic carbocycles. The van der Waals surface area contributed by atoms with E-state index in [0.717, 1.165) is 60.9 Å². The van der Waals surface area contributed by atoms with E-state index in [1.807, 2.05) is 29.4 Å². The highest BCUT2D eigenvalue weighted by molar-refractivity contribution is 7.98. The van der Waals surface area contributed by atoms with Crippen molar-refractivity contribution in [1.82, 2.24) is 9.88 Å². The van der Waals surface area contributed by atoms with Gasteiger partial charge in [-0.05, 0) is 67.7 Å². The van der Waals surface area contributed by atoms with Crippen LogP contribution in [-0.4, -0.2) is 49.4 Å². The molecule has 1 fully saturated rings. The number of carbonyl (C=O) groups is 1. The Hall–Kier alpha value is -2.21. The molecule has 0 spiro atoms. The van der Waals surface area contributed by atoms with Crippen LogP contribution in [0.2, 0.25) is 0 Å². The number of nitrogens with zero attached hydrogens (tertiary/aromatic N) is 2. The molecule has 1 aliphatic heterocycles. The van der Waals surface area contributed by atoms with Gasteiger partial charge in [-0.3, -0.25) is 4.79 Å². The van der Waals surface area contributed by atoms with Crippen molar-refractivity contribution >= 4 is 17.7 Å². The van der Waals surface area contributed by atoms with Crippen LogP contribution < -0.4 is 9.47 Å². The van der Waals surface area contributed by atoms with Gasteiger partial charge in [0.1, 0.15) is 11.5 Å². The van der Waals surface area contributed by atoms with Crippen LogP contribution in [0.5, 0.6) is 11.5 Å². The number of methoxy groups -OCH3 is 2. The van der Waals surface area contributed by atoms with E-state index >= 15 is 0 Å². The first kappa shape index (κ1) is 20.5. The molecular formula is C22H28N2O3S. The van der Waals surface area contributed by atoms with Gasteiger partial charge in [0.25, 0.3) is 5.91 Å². The van der Waals surface area contributed by atoms with E-state index in [9.17, 15) is 4.79 Å². The normalized spacial score (nSPS) is 14.8. The van der Waals surface area contributed by atoms with Crippen molar-refractivity contribution < 1.29 is 14.3 Å². The van der Waals surface area contributed by atoms with Crippen LogP contribution >= 0.6 is 11.8 Å². The number of hydrogen-bond acceptors (Lipinski definition) is 5. The van der Waals surface area contributed by atoms with E-state index in [1.54, 1.807) is 32.2 Å². The summed E-state index contributed by atoms with van der Waals surface area (Å²) < 4.78 is 10.7. The van der Waals surface area contributed by atoms with Crippen LogP contribution in [0.15, 0.2) is 41.6 Å². The fraction of sp³-hybridized carbons (Fsp3) is 0.455. The maximum atomic E-state index is 12.8. The minimum atomic E-state index is 0.119. The number of pyridine rings is 1. The van der Waals surface area contributed by atoms with Gasteiger partial charge in [-0.25, -0.2) is 4.98 Å². The van der Waals surface area contributed by atoms with Crippen LogP contribution in [0.4, 0.5) is 0 Å². The number of aryl methyl sites for hydroxylation is 1. The zero-order valence-electron chi connectivity index (χ0n) is 16.8. The molecule has 1 amide bonds. The summed E-state index contributed by atoms with van der Waals surface area (Å²) >= 11 is 1.56. The van der Waals surface area contributed by atoms with E-state index in [1.165, 1.54) is 5.56 Å². The molecule has 0 saturated carbocycles. The monoisotopic (exact) mass is 400 g/mol. The molecule has 28 heavy (non-hydrogen) atoms. The second-order valence-corrected chi connectivity index (χ2v) is 7.91. The van der Waals surface area contributed by atoms with Crippen molar-refractivity contribution in [2.45, 2.75) is 30.7 Å². The number of hydrogen-bond donors (Lipinski definition) is 0. The lowest BCUT2D eigenvalue weighted by molar-refractivity contribution is 0.0686. The Bertz CT molecular complexity index is 782. The summed E-state index contributed by atoms with van der Waals surface area (Å²) in [6.45, 7) is 1.64. The van der Waals surface area contributed by atoms with Crippen LogP contribution in [0.1, 0.15) is 35.2 Å². The molecule has 5 nitrogen and oxygen atoms in total. The molecule has 6 heteroatoms. The first-order chi connectivity index (χ1) is 13.6. The minimum absolute atomic E-state index is 0.119. The summed E-state index contributed by atoms with van der Waals surface area (Å²) in [7, 11) is 3.35. The molecule has 0 atom stereocenters. The second-order valence-electron chi connectivity index (χ2n) is 7.08. The standard InChI is InChI=1S/C22H28N2O3S/c1-26-19-12-17(13-20(15-19)27-2)5-4-16-7-10-24(11-8-16)22(25)18-6-9-23-21(14-18)28-3/h6,9,12-16H,4-5,7-8,10-11H2,1-3H3. The fourth-order valence-corrected chi connectivity index (χ4v) is 4.05. The van der Waals surface area contributed by atoms with Crippen LogP contribution in [-0.2, 0) is 6.42 Å². The van der Waals surface area contributed by atoms with Gasteiger partial charge < -0.3 is 14.4 Å². The van der Waals surface area contributed by atoms with E-state index in [-0.39, 0.29) is 5.91 Å². The zero-order chi connectivity index (χ0) is 19.9. The molecular weight excluding hydrogens is 372 g/mol. The lowest BCUT2D eigenvalue weighted by Crippen LogP contribution is -2.38. The quantitative estimate of drug-likeness (QED) is 0.649. The molecule has 2 heterocycles. The number of thioether (sulfide) groups is 1. The topological polar surface area (TPSA) is 51.7 Å². The van der Waals surface area contributed by atoms with Gasteiger partial charge in [0.2, 0.25) is 0 Å². The van der Waals surface area contributed by atoms with Gasteiger partial charge in [-0.2, -0.15) is 0 Å². The zero-order valence-corrected chi connectivity index (χ0v) is 17.6. The predicted octanol–water partition coefficient (Wildman–Crippen LogP) is 4.31. The van der Waals surface area contributed by atoms with Crippen molar-refractivity contribution in [3.05, 3.63) is 47.7 Å². The number of rotatable bonds is 7. The first-order valence-electron chi connectivity index (χ1n) is 9.64. The third-order valence-electron chi connectivity index (χ3n) is 5.35. The molecule has 2 aromatic rings. The average Bonchev–Trinajstić information content (AvgIpc) is 2.77. The summed E-state index contributed by atoms with van der Waals surface area (Å²) in [6, 6.07) is 9.75. The van der Waals surface area contributed by atoms with Gasteiger partial charge in [-0.15, -0.1) is 11.8 Å². The maximum Gasteiger partial charge on any atom is 0.254 e. The smallest absolute Gasteiger partial charge is 0.254 e. The SMILES string of the molecule is COc1cc(CCC2CCN(C(=O)c3ccnc(SC)c3)CC2)cc(OC)c1. The molecule has 0 bridgehead atoms. The molecule has 1 aliphatic rings. The van der Waals surface area contributed by atoms with Crippen LogP contribution in [0.25, 0.3) is 0 Å². The summed E-state index contributed by atoms with van der Waals surface area (Å²) in [5.74, 6) is 2.42. The summed E-state index contributed by atoms with van der Waals surface area (Å²) in [5.41, 5.74) is 1.97. The van der Waals surface area contributed by atoms with E-state index in [0.29, 0.717) is 5.92 Å². The predicted molar refractivity (Wildman–Crippen MR) is 113 cm³/mol. The lowest BCUT2D eigenvalue weighted by atomic mass is 9.90. The van der Waals surface area contributed by atoms with Gasteiger partial charge in [0.15, 0.2) is 0 Å². The Morgan fingerprint density at radius 1 is 1.14 bits per heavy atom. The molecule has 150 valence electrons. The van der Waals surface area contributed by atoms with Crippen molar-refractivity contribution in [3.63, 3.8) is 0 Å². The molecule has 3 rings (SSSR count). The minimum Gasteiger partial charge on any atom is -0.497 e. The van der Waals surface area contributed by atoms with E-state index in [2.05, 4.69) is 17.1 Å². The van der Waals surface area contributed by atoms with Crippen molar-refractivity contribution in [2.75, 3.05) is 33.6 Å². The number of benzene rings is 1. The van der Waals surface area contributed by atoms with Gasteiger partial charge in [-0.1, -0.05) is 0 Å². The Labute approximate surface area is 171 Å². The first-order valence-corrected chi connectivity index (χ1v) is 10.9. The summed E-state index contributed by atoms with van der Waals surface area (Å²) in [4.78, 5) is 19.0. The van der Waals surface area contributed by atoms with Gasteiger partial charge in [0, 0.05) is 30.9 Å². The Balaban J connectivity index is 1.52. The molecule has 0 radical (unpaired) electrons. The van der Waals surface area contributed by atoms with E-state index in [4.69, 9.17) is 9.47 Å². The largest absolute Gasteiger partial charge is 0.497 e. The van der Waals surface area contributed by atoms with Gasteiger partial charge >= 0.3 is 0 Å². The average molecular weight is 401 g/mol. The number of likely N-dealkylation sites (tertiary alicyclic amines) is 1. The number of ether oxygens (including phenoxy) is 2. The number of aromatic nitrogens is 1. The highest BCUT2D eigenvalue weighted by Gasteiger charge is 2.23. The Kier molecular flexibility index (Phi) is 7.20. The Morgan fingerprint density at radius 2 is 1.82 bits per heavy atom. The van der Waals surface area contributed by atoms with Crippen molar-refractivity contribution in [3.8, 4) is 11.5 Å². The molecule has 0 aliphatic carbocycles. The summed E-state index contributed by atoms with van der Waals surface area (Å²) in [5, 5.41) is 0.884. The maximum absolute atomic E-state index is 12.8. The second kappa shape index (κ2) is 9.82. The molecule has 0 unspecified atom stereocenters. The lowest BCUT2D eigenvalue weighted by Gasteiger charge is -2.32. The highest BCUT2D eigenvalue weighted by Crippen LogP contribution is 2.27. The van der Waals surface area contributed by atoms with Gasteiger partial charge in [0.05, 0.1) is 19.2 Å². The summed E-state index contributed by atoms with van der Waals surface area (Å²) in [6.07, 6.45) is 7.90. The van der Waals surface area contributed by atoms with Crippen LogP contribution in [0.3, 0.4) is 0 Å². The number of carbonyl (C=O) groups excluding carboxylic acids is 1. The van der Waals surface area contributed by atoms with Crippen molar-refractivity contribution in [1.29, 1.82) is 0 Å². The van der Waals surface area contributed by atoms with Crippen molar-refractivity contribution in [2.24, 2.45) is 5.92 Å².